The van der Waals surface area contributed by atoms with Crippen LogP contribution < -0.4 is 4.90 Å². The van der Waals surface area contributed by atoms with Gasteiger partial charge in [0, 0.05) is 30.9 Å². The highest BCUT2D eigenvalue weighted by atomic mass is 19.1. The van der Waals surface area contributed by atoms with Crippen molar-refractivity contribution in [3.05, 3.63) is 65.5 Å². The van der Waals surface area contributed by atoms with E-state index < -0.39 is 0 Å². The van der Waals surface area contributed by atoms with Gasteiger partial charge in [0.25, 0.3) is 5.91 Å². The normalized spacial score (nSPS) is 20.3. The molecule has 130 valence electrons. The summed E-state index contributed by atoms with van der Waals surface area (Å²) in [5.41, 5.74) is 2.95. The average molecular weight is 338 g/mol. The minimum absolute atomic E-state index is 0.0476. The molecule has 0 radical (unpaired) electrons. The largest absolute Gasteiger partial charge is 0.372 e. The van der Waals surface area contributed by atoms with Crippen molar-refractivity contribution in [3.8, 4) is 0 Å². The molecule has 0 bridgehead atoms. The van der Waals surface area contributed by atoms with Crippen LogP contribution in [0.25, 0.3) is 0 Å². The molecule has 1 atom stereocenters. The summed E-state index contributed by atoms with van der Waals surface area (Å²) in [6, 6.07) is 14.6. The number of hydrogen-bond donors (Lipinski definition) is 0. The third kappa shape index (κ3) is 3.26. The molecule has 0 spiro atoms. The molecule has 0 aliphatic carbocycles. The first kappa shape index (κ1) is 16.1. The number of anilines is 1. The van der Waals surface area contributed by atoms with Crippen LogP contribution >= 0.6 is 0 Å². The predicted octanol–water partition coefficient (Wildman–Crippen LogP) is 4.40. The third-order valence-electron chi connectivity index (χ3n) is 5.35. The molecule has 2 saturated heterocycles. The minimum Gasteiger partial charge on any atom is -0.372 e. The topological polar surface area (TPSA) is 23.6 Å². The molecule has 0 N–H and O–H groups in total. The number of halogens is 1. The molecule has 0 aromatic heterocycles. The molecule has 2 aliphatic rings. The fourth-order valence-electron chi connectivity index (χ4n) is 4.00. The molecular formula is C21H23FN2O. The lowest BCUT2D eigenvalue weighted by atomic mass is 10.0. The molecule has 2 heterocycles. The van der Waals surface area contributed by atoms with E-state index in [0.717, 1.165) is 43.6 Å². The Kier molecular flexibility index (Phi) is 4.43. The van der Waals surface area contributed by atoms with Crippen LogP contribution in [-0.2, 0) is 0 Å². The van der Waals surface area contributed by atoms with Gasteiger partial charge in [-0.25, -0.2) is 4.39 Å². The fourth-order valence-corrected chi connectivity index (χ4v) is 4.00. The van der Waals surface area contributed by atoms with Crippen LogP contribution in [-0.4, -0.2) is 30.4 Å². The number of carbonyl (C=O) groups excluding carboxylic acids is 1. The zero-order valence-electron chi connectivity index (χ0n) is 14.3. The van der Waals surface area contributed by atoms with Crippen molar-refractivity contribution in [2.45, 2.75) is 31.7 Å². The Hall–Kier alpha value is -2.36. The first-order chi connectivity index (χ1) is 12.2. The van der Waals surface area contributed by atoms with Gasteiger partial charge in [-0.2, -0.15) is 0 Å². The Labute approximate surface area is 148 Å². The van der Waals surface area contributed by atoms with Crippen molar-refractivity contribution >= 4 is 11.6 Å². The van der Waals surface area contributed by atoms with Gasteiger partial charge in [0.15, 0.2) is 0 Å². The lowest BCUT2D eigenvalue weighted by Crippen LogP contribution is -2.30. The van der Waals surface area contributed by atoms with Crippen molar-refractivity contribution in [2.75, 3.05) is 24.5 Å². The maximum atomic E-state index is 13.2. The summed E-state index contributed by atoms with van der Waals surface area (Å²) in [5.74, 6) is -0.170. The van der Waals surface area contributed by atoms with Crippen LogP contribution in [0.4, 0.5) is 10.1 Å². The zero-order valence-corrected chi connectivity index (χ0v) is 14.3. The van der Waals surface area contributed by atoms with Gasteiger partial charge in [-0.1, -0.05) is 12.1 Å². The van der Waals surface area contributed by atoms with Crippen LogP contribution in [0.15, 0.2) is 48.5 Å². The molecule has 4 heteroatoms. The van der Waals surface area contributed by atoms with Crippen LogP contribution in [0.5, 0.6) is 0 Å². The second-order valence-corrected chi connectivity index (χ2v) is 6.95. The van der Waals surface area contributed by atoms with Gasteiger partial charge >= 0.3 is 0 Å². The van der Waals surface area contributed by atoms with E-state index in [2.05, 4.69) is 17.0 Å². The molecular weight excluding hydrogens is 315 g/mol. The van der Waals surface area contributed by atoms with Gasteiger partial charge in [-0.3, -0.25) is 4.79 Å². The maximum Gasteiger partial charge on any atom is 0.254 e. The highest BCUT2D eigenvalue weighted by Gasteiger charge is 2.30. The van der Waals surface area contributed by atoms with E-state index in [1.807, 2.05) is 17.0 Å². The van der Waals surface area contributed by atoms with Crippen molar-refractivity contribution < 1.29 is 9.18 Å². The van der Waals surface area contributed by atoms with E-state index in [1.54, 1.807) is 12.1 Å². The third-order valence-corrected chi connectivity index (χ3v) is 5.35. The molecule has 0 unspecified atom stereocenters. The van der Waals surface area contributed by atoms with E-state index in [9.17, 15) is 9.18 Å². The number of carbonyl (C=O) groups is 1. The Morgan fingerprint density at radius 3 is 2.24 bits per heavy atom. The first-order valence-electron chi connectivity index (χ1n) is 9.14. The van der Waals surface area contributed by atoms with Gasteiger partial charge < -0.3 is 9.80 Å². The molecule has 1 amide bonds. The van der Waals surface area contributed by atoms with Gasteiger partial charge in [-0.15, -0.1) is 0 Å². The predicted molar refractivity (Wildman–Crippen MR) is 97.3 cm³/mol. The van der Waals surface area contributed by atoms with Crippen molar-refractivity contribution in [1.82, 2.24) is 4.90 Å². The van der Waals surface area contributed by atoms with E-state index in [0.29, 0.717) is 0 Å². The number of hydrogen-bond acceptors (Lipinski definition) is 2. The zero-order chi connectivity index (χ0) is 17.2. The Morgan fingerprint density at radius 2 is 1.56 bits per heavy atom. The second-order valence-electron chi connectivity index (χ2n) is 6.95. The van der Waals surface area contributed by atoms with Gasteiger partial charge in [0.1, 0.15) is 5.82 Å². The summed E-state index contributed by atoms with van der Waals surface area (Å²) in [5, 5.41) is 0. The number of rotatable bonds is 3. The molecule has 25 heavy (non-hydrogen) atoms. The molecule has 2 aromatic carbocycles. The highest BCUT2D eigenvalue weighted by molar-refractivity contribution is 5.95. The molecule has 3 nitrogen and oxygen atoms in total. The Bertz CT molecular complexity index is 735. The van der Waals surface area contributed by atoms with E-state index in [4.69, 9.17) is 0 Å². The number of likely N-dealkylation sites (tertiary alicyclic amines) is 1. The molecule has 0 saturated carbocycles. The summed E-state index contributed by atoms with van der Waals surface area (Å²) < 4.78 is 13.2. The van der Waals surface area contributed by atoms with Gasteiger partial charge in [0.05, 0.1) is 6.04 Å². The lowest BCUT2D eigenvalue weighted by Gasteiger charge is -2.25. The summed E-state index contributed by atoms with van der Waals surface area (Å²) in [6.45, 7) is 2.97. The van der Waals surface area contributed by atoms with Crippen LogP contribution in [0.3, 0.4) is 0 Å². The smallest absolute Gasteiger partial charge is 0.254 e. The van der Waals surface area contributed by atoms with Crippen molar-refractivity contribution in [1.29, 1.82) is 0 Å². The van der Waals surface area contributed by atoms with Crippen LogP contribution in [0.2, 0.25) is 0 Å². The summed E-state index contributed by atoms with van der Waals surface area (Å²) in [6.07, 6.45) is 4.41. The second kappa shape index (κ2) is 6.87. The molecule has 2 aromatic rings. The Morgan fingerprint density at radius 1 is 0.880 bits per heavy atom. The monoisotopic (exact) mass is 338 g/mol. The Balaban J connectivity index is 1.52. The van der Waals surface area contributed by atoms with E-state index in [1.165, 1.54) is 30.7 Å². The standard InChI is InChI=1S/C21H23FN2O/c22-18-9-5-16(6-10-18)20-4-3-15-24(20)21(25)17-7-11-19(12-8-17)23-13-1-2-14-23/h5-12,20H,1-4,13-15H2/t20-/m0/s1. The molecule has 2 aliphatic heterocycles. The number of amides is 1. The van der Waals surface area contributed by atoms with Gasteiger partial charge in [-0.05, 0) is 67.6 Å². The van der Waals surface area contributed by atoms with Crippen LogP contribution in [0, 0.1) is 5.82 Å². The summed E-state index contributed by atoms with van der Waals surface area (Å²) in [4.78, 5) is 17.3. The molecule has 2 fully saturated rings. The average Bonchev–Trinajstić information content (AvgIpc) is 3.34. The highest BCUT2D eigenvalue weighted by Crippen LogP contribution is 2.33. The lowest BCUT2D eigenvalue weighted by molar-refractivity contribution is 0.0735. The minimum atomic E-state index is -0.239. The quantitative estimate of drug-likeness (QED) is 0.828. The number of benzene rings is 2. The number of nitrogens with zero attached hydrogens (tertiary/aromatic N) is 2. The first-order valence-corrected chi connectivity index (χ1v) is 9.14. The van der Waals surface area contributed by atoms with Crippen molar-refractivity contribution in [3.63, 3.8) is 0 Å². The van der Waals surface area contributed by atoms with E-state index >= 15 is 0 Å². The van der Waals surface area contributed by atoms with E-state index in [-0.39, 0.29) is 17.8 Å². The summed E-state index contributed by atoms with van der Waals surface area (Å²) in [7, 11) is 0. The summed E-state index contributed by atoms with van der Waals surface area (Å²) >= 11 is 0. The van der Waals surface area contributed by atoms with Crippen molar-refractivity contribution in [2.24, 2.45) is 0 Å². The SMILES string of the molecule is O=C(c1ccc(N2CCCC2)cc1)N1CCC[C@H]1c1ccc(F)cc1. The molecule has 4 rings (SSSR count). The maximum absolute atomic E-state index is 13.2. The van der Waals surface area contributed by atoms with Gasteiger partial charge in [0.2, 0.25) is 0 Å². The van der Waals surface area contributed by atoms with Crippen LogP contribution in [0.1, 0.15) is 47.6 Å². The fraction of sp³-hybridized carbons (Fsp3) is 0.381.